The summed E-state index contributed by atoms with van der Waals surface area (Å²) in [7, 11) is 0. The van der Waals surface area contributed by atoms with Crippen molar-refractivity contribution in [2.45, 2.75) is 59.8 Å². The van der Waals surface area contributed by atoms with Crippen LogP contribution in [0.2, 0.25) is 0 Å². The first-order chi connectivity index (χ1) is 12.3. The van der Waals surface area contributed by atoms with E-state index in [0.717, 1.165) is 38.7 Å². The Morgan fingerprint density at radius 3 is 2.54 bits per heavy atom. The molecule has 1 heterocycles. The topological polar surface area (TPSA) is 44.1 Å². The summed E-state index contributed by atoms with van der Waals surface area (Å²) in [6, 6.07) is 3.87. The van der Waals surface area contributed by atoms with Crippen LogP contribution in [0.25, 0.3) is 0 Å². The first kappa shape index (κ1) is 21.2. The number of carbonyl (C=O) groups is 1. The van der Waals surface area contributed by atoms with Gasteiger partial charge in [-0.1, -0.05) is 42.1 Å². The zero-order valence-electron chi connectivity index (χ0n) is 15.9. The molecular formula is C20H26Br2N2O2. The second kappa shape index (κ2) is 9.70. The van der Waals surface area contributed by atoms with Gasteiger partial charge < -0.3 is 4.74 Å². The van der Waals surface area contributed by atoms with Gasteiger partial charge in [-0.25, -0.2) is 4.68 Å². The van der Waals surface area contributed by atoms with Crippen LogP contribution < -0.4 is 4.74 Å². The van der Waals surface area contributed by atoms with Crippen LogP contribution in [0.3, 0.4) is 0 Å². The van der Waals surface area contributed by atoms with Crippen molar-refractivity contribution < 1.29 is 9.53 Å². The lowest BCUT2D eigenvalue weighted by atomic mass is 10.0. The molecule has 2 aromatic rings. The molecule has 0 aliphatic rings. The average Bonchev–Trinajstić information content (AvgIpc) is 2.85. The summed E-state index contributed by atoms with van der Waals surface area (Å²) in [4.78, 5) is 12.6. The van der Waals surface area contributed by atoms with Gasteiger partial charge in [-0.05, 0) is 72.8 Å². The Morgan fingerprint density at radius 1 is 1.15 bits per heavy atom. The van der Waals surface area contributed by atoms with Gasteiger partial charge in [-0.3, -0.25) is 4.79 Å². The highest BCUT2D eigenvalue weighted by atomic mass is 79.9. The van der Waals surface area contributed by atoms with E-state index in [0.29, 0.717) is 5.75 Å². The summed E-state index contributed by atoms with van der Waals surface area (Å²) in [5.41, 5.74) is 4.02. The van der Waals surface area contributed by atoms with Gasteiger partial charge in [0.1, 0.15) is 5.75 Å². The summed E-state index contributed by atoms with van der Waals surface area (Å²) in [6.45, 7) is 8.06. The van der Waals surface area contributed by atoms with Crippen LogP contribution in [-0.4, -0.2) is 22.3 Å². The van der Waals surface area contributed by atoms with Gasteiger partial charge in [-0.2, -0.15) is 5.10 Å². The number of hydrogen-bond acceptors (Lipinski definition) is 3. The van der Waals surface area contributed by atoms with Gasteiger partial charge in [0.25, 0.3) is 5.91 Å². The molecule has 0 spiro atoms. The van der Waals surface area contributed by atoms with Crippen LogP contribution in [0.4, 0.5) is 0 Å². The molecule has 0 fully saturated rings. The second-order valence-corrected chi connectivity index (χ2v) is 8.36. The molecule has 0 atom stereocenters. The number of carbonyl (C=O) groups excluding carboxylic acids is 1. The van der Waals surface area contributed by atoms with Crippen LogP contribution in [-0.2, 0) is 6.42 Å². The molecule has 0 unspecified atom stereocenters. The quantitative estimate of drug-likeness (QED) is 0.419. The number of hydrogen-bond donors (Lipinski definition) is 0. The van der Waals surface area contributed by atoms with E-state index in [1.54, 1.807) is 0 Å². The zero-order valence-corrected chi connectivity index (χ0v) is 19.0. The van der Waals surface area contributed by atoms with Crippen LogP contribution in [0.5, 0.6) is 5.75 Å². The largest absolute Gasteiger partial charge is 0.482 e. The molecule has 0 N–H and O–H groups in total. The van der Waals surface area contributed by atoms with E-state index in [1.165, 1.54) is 29.5 Å². The standard InChI is InChI=1S/C20H26Br2N2O2/c1-5-6-7-8-9-17-14(3)23-24(15(17)4)19(25)12-26-20-13(2)10-16(21)11-18(20)22/h10-11H,5-9,12H2,1-4H3. The summed E-state index contributed by atoms with van der Waals surface area (Å²) in [5, 5.41) is 4.45. The molecule has 0 radical (unpaired) electrons. The molecule has 0 aliphatic carbocycles. The third-order valence-electron chi connectivity index (χ3n) is 4.49. The highest BCUT2D eigenvalue weighted by Crippen LogP contribution is 2.32. The lowest BCUT2D eigenvalue weighted by Crippen LogP contribution is -2.22. The van der Waals surface area contributed by atoms with Crippen molar-refractivity contribution in [3.05, 3.63) is 43.6 Å². The number of aromatic nitrogens is 2. The van der Waals surface area contributed by atoms with E-state index >= 15 is 0 Å². The van der Waals surface area contributed by atoms with Crippen LogP contribution in [0, 0.1) is 20.8 Å². The predicted molar refractivity (Wildman–Crippen MR) is 112 cm³/mol. The normalized spacial score (nSPS) is 11.0. The summed E-state index contributed by atoms with van der Waals surface area (Å²) < 4.78 is 9.06. The van der Waals surface area contributed by atoms with Crippen LogP contribution in [0.15, 0.2) is 21.1 Å². The number of ether oxygens (including phenoxy) is 1. The van der Waals surface area contributed by atoms with Gasteiger partial charge in [0.2, 0.25) is 0 Å². The minimum absolute atomic E-state index is 0.0433. The summed E-state index contributed by atoms with van der Waals surface area (Å²) in [6.07, 6.45) is 5.80. The van der Waals surface area contributed by atoms with E-state index in [4.69, 9.17) is 4.74 Å². The Morgan fingerprint density at radius 2 is 1.88 bits per heavy atom. The molecule has 0 bridgehead atoms. The van der Waals surface area contributed by atoms with Gasteiger partial charge in [0.05, 0.1) is 10.2 Å². The van der Waals surface area contributed by atoms with E-state index in [-0.39, 0.29) is 12.5 Å². The Bertz CT molecular complexity index is 761. The van der Waals surface area contributed by atoms with Gasteiger partial charge in [-0.15, -0.1) is 0 Å². The number of unbranched alkanes of at least 4 members (excludes halogenated alkanes) is 3. The zero-order chi connectivity index (χ0) is 19.3. The molecule has 0 aliphatic heterocycles. The van der Waals surface area contributed by atoms with Crippen molar-refractivity contribution >= 4 is 37.8 Å². The van der Waals surface area contributed by atoms with E-state index < -0.39 is 0 Å². The van der Waals surface area contributed by atoms with Crippen LogP contribution >= 0.6 is 31.9 Å². The SMILES string of the molecule is CCCCCCc1c(C)nn(C(=O)COc2c(C)cc(Br)cc2Br)c1C. The molecule has 6 heteroatoms. The smallest absolute Gasteiger partial charge is 0.284 e. The highest BCUT2D eigenvalue weighted by molar-refractivity contribution is 9.11. The molecule has 142 valence electrons. The average molecular weight is 486 g/mol. The lowest BCUT2D eigenvalue weighted by molar-refractivity contribution is 0.0817. The lowest BCUT2D eigenvalue weighted by Gasteiger charge is -2.11. The fourth-order valence-corrected chi connectivity index (χ4v) is 4.63. The second-order valence-electron chi connectivity index (χ2n) is 6.59. The number of benzene rings is 1. The maximum atomic E-state index is 12.6. The van der Waals surface area contributed by atoms with Crippen LogP contribution in [0.1, 0.15) is 59.9 Å². The van der Waals surface area contributed by atoms with Crippen molar-refractivity contribution in [2.24, 2.45) is 0 Å². The van der Waals surface area contributed by atoms with E-state index in [9.17, 15) is 4.79 Å². The van der Waals surface area contributed by atoms with Gasteiger partial charge >= 0.3 is 0 Å². The number of aryl methyl sites for hydroxylation is 2. The molecule has 0 saturated heterocycles. The van der Waals surface area contributed by atoms with Crippen molar-refractivity contribution in [3.63, 3.8) is 0 Å². The van der Waals surface area contributed by atoms with Gasteiger partial charge in [0.15, 0.2) is 6.61 Å². The monoisotopic (exact) mass is 484 g/mol. The Hall–Kier alpha value is -1.14. The maximum absolute atomic E-state index is 12.6. The molecule has 2 rings (SSSR count). The van der Waals surface area contributed by atoms with E-state index in [1.807, 2.05) is 32.9 Å². The highest BCUT2D eigenvalue weighted by Gasteiger charge is 2.17. The molecule has 0 saturated carbocycles. The predicted octanol–water partition coefficient (Wildman–Crippen LogP) is 6.18. The summed E-state index contributed by atoms with van der Waals surface area (Å²) in [5.74, 6) is 0.530. The van der Waals surface area contributed by atoms with E-state index in [2.05, 4.69) is 43.9 Å². The van der Waals surface area contributed by atoms with Crippen molar-refractivity contribution in [1.82, 2.24) is 9.78 Å². The first-order valence-corrected chi connectivity index (χ1v) is 10.6. The van der Waals surface area contributed by atoms with Gasteiger partial charge in [0, 0.05) is 10.2 Å². The minimum Gasteiger partial charge on any atom is -0.482 e. The Kier molecular flexibility index (Phi) is 7.89. The fourth-order valence-electron chi connectivity index (χ4n) is 3.08. The van der Waals surface area contributed by atoms with Crippen molar-refractivity contribution in [1.29, 1.82) is 0 Å². The number of rotatable bonds is 8. The molecule has 0 amide bonds. The first-order valence-electron chi connectivity index (χ1n) is 9.01. The molecule has 1 aromatic carbocycles. The van der Waals surface area contributed by atoms with Crippen molar-refractivity contribution in [3.8, 4) is 5.75 Å². The molecular weight excluding hydrogens is 460 g/mol. The number of nitrogens with zero attached hydrogens (tertiary/aromatic N) is 2. The maximum Gasteiger partial charge on any atom is 0.284 e. The molecule has 1 aromatic heterocycles. The molecule has 26 heavy (non-hydrogen) atoms. The summed E-state index contributed by atoms with van der Waals surface area (Å²) >= 11 is 6.93. The Labute approximate surface area is 172 Å². The Balaban J connectivity index is 2.06. The molecule has 4 nitrogen and oxygen atoms in total. The van der Waals surface area contributed by atoms with Crippen molar-refractivity contribution in [2.75, 3.05) is 6.61 Å². The fraction of sp³-hybridized carbons (Fsp3) is 0.500. The number of halogens is 2. The third-order valence-corrected chi connectivity index (χ3v) is 5.54. The third kappa shape index (κ3) is 5.19. The minimum atomic E-state index is -0.153.